The van der Waals surface area contributed by atoms with Crippen LogP contribution in [0.1, 0.15) is 0 Å². The highest BCUT2D eigenvalue weighted by Crippen LogP contribution is 2.25. The summed E-state index contributed by atoms with van der Waals surface area (Å²) in [6.07, 6.45) is 0. The summed E-state index contributed by atoms with van der Waals surface area (Å²) in [6.45, 7) is 0. The first-order valence-electron chi connectivity index (χ1n) is 5.42. The van der Waals surface area contributed by atoms with Crippen molar-refractivity contribution in [1.82, 2.24) is 9.55 Å². The topological polar surface area (TPSA) is 20.7 Å². The van der Waals surface area contributed by atoms with Crippen LogP contribution in [0.3, 0.4) is 0 Å². The second kappa shape index (κ2) is 4.74. The van der Waals surface area contributed by atoms with Crippen molar-refractivity contribution in [3.8, 4) is 5.69 Å². The zero-order valence-corrected chi connectivity index (χ0v) is 12.6. The van der Waals surface area contributed by atoms with Crippen molar-refractivity contribution in [2.45, 2.75) is 0 Å². The normalized spacial score (nSPS) is 11.1. The van der Waals surface area contributed by atoms with E-state index < -0.39 is 5.82 Å². The van der Waals surface area contributed by atoms with Gasteiger partial charge in [-0.25, -0.2) is 4.39 Å². The molecule has 0 radical (unpaired) electrons. The van der Waals surface area contributed by atoms with Gasteiger partial charge in [0.2, 0.25) is 0 Å². The van der Waals surface area contributed by atoms with Crippen LogP contribution in [0.2, 0.25) is 5.02 Å². The summed E-state index contributed by atoms with van der Waals surface area (Å²) in [7, 11) is 0. The number of fused-ring (bicyclic) bond motifs is 1. The van der Waals surface area contributed by atoms with Gasteiger partial charge in [-0.05, 0) is 48.6 Å². The molecule has 6 heteroatoms. The molecule has 96 valence electrons. The van der Waals surface area contributed by atoms with Gasteiger partial charge in [-0.2, -0.15) is 0 Å². The number of imidazole rings is 1. The summed E-state index contributed by atoms with van der Waals surface area (Å²) in [4.78, 5) is 3.11. The fraction of sp³-hybridized carbons (Fsp3) is 0. The number of rotatable bonds is 1. The molecule has 0 aliphatic heterocycles. The molecule has 1 heterocycles. The summed E-state index contributed by atoms with van der Waals surface area (Å²) in [5.74, 6) is -0.445. The van der Waals surface area contributed by atoms with Gasteiger partial charge < -0.3 is 4.98 Å². The molecule has 0 aliphatic carbocycles. The number of H-pyrrole nitrogens is 1. The zero-order valence-electron chi connectivity index (χ0n) is 9.45. The minimum Gasteiger partial charge on any atom is -0.330 e. The molecule has 3 rings (SSSR count). The van der Waals surface area contributed by atoms with Crippen LogP contribution in [0.15, 0.2) is 40.9 Å². The van der Waals surface area contributed by atoms with Crippen LogP contribution in [-0.4, -0.2) is 9.55 Å². The van der Waals surface area contributed by atoms with Crippen LogP contribution in [0, 0.1) is 10.6 Å². The molecule has 0 unspecified atom stereocenters. The van der Waals surface area contributed by atoms with Crippen molar-refractivity contribution in [3.63, 3.8) is 0 Å². The predicted octanol–water partition coefficient (Wildman–Crippen LogP) is 5.24. The predicted molar refractivity (Wildman–Crippen MR) is 81.1 cm³/mol. The lowest BCUT2D eigenvalue weighted by Crippen LogP contribution is -1.94. The molecule has 0 saturated carbocycles. The minimum absolute atomic E-state index is 0.0749. The molecular formula is C13H7BrClFN2S. The SMILES string of the molecule is Fc1ccc(-n2c(=S)[nH]c3cc(Br)ccc32)cc1Cl. The van der Waals surface area contributed by atoms with E-state index in [4.69, 9.17) is 23.8 Å². The molecule has 0 saturated heterocycles. The number of aromatic nitrogens is 2. The van der Waals surface area contributed by atoms with E-state index >= 15 is 0 Å². The van der Waals surface area contributed by atoms with Gasteiger partial charge in [0, 0.05) is 4.47 Å². The Balaban J connectivity index is 2.32. The molecule has 1 aromatic heterocycles. The van der Waals surface area contributed by atoms with E-state index in [9.17, 15) is 4.39 Å². The monoisotopic (exact) mass is 356 g/mol. The van der Waals surface area contributed by atoms with Crippen LogP contribution in [-0.2, 0) is 0 Å². The molecule has 0 atom stereocenters. The molecule has 1 N–H and O–H groups in total. The van der Waals surface area contributed by atoms with Crippen molar-refractivity contribution in [1.29, 1.82) is 0 Å². The van der Waals surface area contributed by atoms with Gasteiger partial charge in [0.25, 0.3) is 0 Å². The van der Waals surface area contributed by atoms with E-state index in [2.05, 4.69) is 20.9 Å². The first-order valence-corrected chi connectivity index (χ1v) is 7.00. The van der Waals surface area contributed by atoms with Crippen molar-refractivity contribution in [3.05, 3.63) is 56.5 Å². The standard InChI is InChI=1S/C13H7BrClFN2S/c14-7-1-4-12-11(5-7)17-13(19)18(12)8-2-3-10(16)9(15)6-8/h1-6H,(H,17,19). The minimum atomic E-state index is -0.445. The Morgan fingerprint density at radius 2 is 2.00 bits per heavy atom. The molecule has 0 aliphatic rings. The maximum Gasteiger partial charge on any atom is 0.182 e. The van der Waals surface area contributed by atoms with E-state index in [1.807, 2.05) is 22.8 Å². The third-order valence-electron chi connectivity index (χ3n) is 2.81. The molecule has 0 spiro atoms. The number of benzene rings is 2. The maximum atomic E-state index is 13.2. The number of nitrogens with zero attached hydrogens (tertiary/aromatic N) is 1. The average Bonchev–Trinajstić information content (AvgIpc) is 2.68. The number of nitrogens with one attached hydrogen (secondary N) is 1. The molecule has 2 nitrogen and oxygen atoms in total. The second-order valence-electron chi connectivity index (χ2n) is 4.03. The summed E-state index contributed by atoms with van der Waals surface area (Å²) in [5.41, 5.74) is 2.54. The first kappa shape index (κ1) is 12.8. The van der Waals surface area contributed by atoms with Crippen LogP contribution in [0.5, 0.6) is 0 Å². The van der Waals surface area contributed by atoms with Crippen LogP contribution < -0.4 is 0 Å². The second-order valence-corrected chi connectivity index (χ2v) is 5.74. The Morgan fingerprint density at radius 3 is 2.74 bits per heavy atom. The lowest BCUT2D eigenvalue weighted by molar-refractivity contribution is 0.628. The van der Waals surface area contributed by atoms with Crippen molar-refractivity contribution >= 4 is 50.8 Å². The average molecular weight is 358 g/mol. The summed E-state index contributed by atoms with van der Waals surface area (Å²) >= 11 is 14.5. The highest BCUT2D eigenvalue weighted by molar-refractivity contribution is 9.10. The number of hydrogen-bond donors (Lipinski definition) is 1. The molecule has 0 amide bonds. The number of aromatic amines is 1. The van der Waals surface area contributed by atoms with Crippen LogP contribution >= 0.6 is 39.7 Å². The zero-order chi connectivity index (χ0) is 13.6. The van der Waals surface area contributed by atoms with Gasteiger partial charge in [-0.15, -0.1) is 0 Å². The van der Waals surface area contributed by atoms with Crippen LogP contribution in [0.4, 0.5) is 4.39 Å². The van der Waals surface area contributed by atoms with Gasteiger partial charge in [0.1, 0.15) is 5.82 Å². The summed E-state index contributed by atoms with van der Waals surface area (Å²) in [5, 5.41) is 0.0749. The largest absolute Gasteiger partial charge is 0.330 e. The van der Waals surface area contributed by atoms with E-state index in [0.717, 1.165) is 21.2 Å². The lowest BCUT2D eigenvalue weighted by atomic mass is 10.2. The number of halogens is 3. The molecule has 3 aromatic rings. The molecular weight excluding hydrogens is 351 g/mol. The highest BCUT2D eigenvalue weighted by atomic mass is 79.9. The fourth-order valence-electron chi connectivity index (χ4n) is 1.96. The van der Waals surface area contributed by atoms with Gasteiger partial charge in [0.05, 0.1) is 21.7 Å². The lowest BCUT2D eigenvalue weighted by Gasteiger charge is -2.05. The summed E-state index contributed by atoms with van der Waals surface area (Å²) in [6, 6.07) is 10.3. The molecule has 0 bridgehead atoms. The Hall–Kier alpha value is -1.17. The van der Waals surface area contributed by atoms with Crippen molar-refractivity contribution < 1.29 is 4.39 Å². The summed E-state index contributed by atoms with van der Waals surface area (Å²) < 4.78 is 16.5. The quantitative estimate of drug-likeness (QED) is 0.590. The smallest absolute Gasteiger partial charge is 0.182 e. The molecule has 19 heavy (non-hydrogen) atoms. The molecule has 0 fully saturated rings. The van der Waals surface area contributed by atoms with Gasteiger partial charge in [-0.1, -0.05) is 27.5 Å². The Morgan fingerprint density at radius 1 is 1.21 bits per heavy atom. The maximum absolute atomic E-state index is 13.2. The third kappa shape index (κ3) is 2.22. The highest BCUT2D eigenvalue weighted by Gasteiger charge is 2.09. The Kier molecular flexibility index (Phi) is 3.20. The van der Waals surface area contributed by atoms with E-state index in [1.54, 1.807) is 12.1 Å². The van der Waals surface area contributed by atoms with E-state index in [0.29, 0.717) is 4.77 Å². The van der Waals surface area contributed by atoms with E-state index in [-0.39, 0.29) is 5.02 Å². The third-order valence-corrected chi connectivity index (χ3v) is 3.87. The van der Waals surface area contributed by atoms with Crippen LogP contribution in [0.25, 0.3) is 16.7 Å². The number of hydrogen-bond acceptors (Lipinski definition) is 1. The van der Waals surface area contributed by atoms with Gasteiger partial charge in [0.15, 0.2) is 4.77 Å². The first-order chi connectivity index (χ1) is 9.06. The Labute approximate surface area is 127 Å². The molecule has 2 aromatic carbocycles. The van der Waals surface area contributed by atoms with Crippen molar-refractivity contribution in [2.75, 3.05) is 0 Å². The van der Waals surface area contributed by atoms with E-state index in [1.165, 1.54) is 6.07 Å². The van der Waals surface area contributed by atoms with Crippen molar-refractivity contribution in [2.24, 2.45) is 0 Å². The fourth-order valence-corrected chi connectivity index (χ4v) is 2.81. The van der Waals surface area contributed by atoms with Gasteiger partial charge in [-0.3, -0.25) is 4.57 Å². The van der Waals surface area contributed by atoms with Gasteiger partial charge >= 0.3 is 0 Å². The Bertz CT molecular complexity index is 840.